The first-order chi connectivity index (χ1) is 8.06. The Morgan fingerprint density at radius 1 is 1.47 bits per heavy atom. The zero-order valence-electron chi connectivity index (χ0n) is 11.5. The molecule has 0 aromatic heterocycles. The van der Waals surface area contributed by atoms with Crippen LogP contribution in [0, 0.1) is 11.8 Å². The average molecular weight is 242 g/mol. The number of ether oxygens (including phenoxy) is 1. The first-order valence-electron chi connectivity index (χ1n) is 6.60. The molecule has 2 unspecified atom stereocenters. The lowest BCUT2D eigenvalue weighted by atomic mass is 9.93. The van der Waals surface area contributed by atoms with E-state index in [1.54, 1.807) is 0 Å². The van der Waals surface area contributed by atoms with E-state index in [-0.39, 0.29) is 11.9 Å². The van der Waals surface area contributed by atoms with E-state index in [2.05, 4.69) is 31.0 Å². The summed E-state index contributed by atoms with van der Waals surface area (Å²) in [5.41, 5.74) is 0. The Morgan fingerprint density at radius 3 is 2.71 bits per heavy atom. The van der Waals surface area contributed by atoms with Gasteiger partial charge in [0, 0.05) is 25.7 Å². The number of nitrogens with zero attached hydrogens (tertiary/aromatic N) is 1. The van der Waals surface area contributed by atoms with Gasteiger partial charge in [0.1, 0.15) is 0 Å². The van der Waals surface area contributed by atoms with Crippen molar-refractivity contribution in [3.8, 4) is 0 Å². The van der Waals surface area contributed by atoms with E-state index in [0.717, 1.165) is 32.6 Å². The van der Waals surface area contributed by atoms with Crippen LogP contribution in [-0.4, -0.2) is 50.2 Å². The van der Waals surface area contributed by atoms with Gasteiger partial charge < -0.3 is 15.0 Å². The van der Waals surface area contributed by atoms with Crippen molar-refractivity contribution in [2.24, 2.45) is 11.8 Å². The van der Waals surface area contributed by atoms with Crippen molar-refractivity contribution in [2.45, 2.75) is 33.2 Å². The third kappa shape index (κ3) is 4.64. The number of piperidine rings is 1. The molecule has 1 aliphatic heterocycles. The first-order valence-corrected chi connectivity index (χ1v) is 6.60. The van der Waals surface area contributed by atoms with E-state index in [9.17, 15) is 4.79 Å². The van der Waals surface area contributed by atoms with Gasteiger partial charge in [-0.15, -0.1) is 0 Å². The smallest absolute Gasteiger partial charge is 0.310 e. The van der Waals surface area contributed by atoms with Crippen molar-refractivity contribution in [1.82, 2.24) is 10.2 Å². The van der Waals surface area contributed by atoms with Gasteiger partial charge in [0.25, 0.3) is 0 Å². The van der Waals surface area contributed by atoms with E-state index < -0.39 is 0 Å². The van der Waals surface area contributed by atoms with Gasteiger partial charge in [0.2, 0.25) is 0 Å². The van der Waals surface area contributed by atoms with Crippen molar-refractivity contribution in [3.05, 3.63) is 0 Å². The molecule has 1 fully saturated rings. The maximum absolute atomic E-state index is 11.7. The van der Waals surface area contributed by atoms with Crippen LogP contribution in [0.4, 0.5) is 0 Å². The predicted octanol–water partition coefficient (Wildman–Crippen LogP) is 1.12. The molecule has 0 saturated carbocycles. The van der Waals surface area contributed by atoms with Gasteiger partial charge in [0.05, 0.1) is 13.0 Å². The number of hydrogen-bond acceptors (Lipinski definition) is 4. The van der Waals surface area contributed by atoms with Crippen molar-refractivity contribution in [1.29, 1.82) is 0 Å². The van der Waals surface area contributed by atoms with Crippen LogP contribution in [0.1, 0.15) is 27.2 Å². The molecule has 4 heteroatoms. The molecule has 0 bridgehead atoms. The zero-order valence-corrected chi connectivity index (χ0v) is 11.5. The molecule has 0 aromatic rings. The molecule has 0 amide bonds. The molecule has 1 heterocycles. The molecule has 0 spiro atoms. The Morgan fingerprint density at radius 2 is 2.18 bits per heavy atom. The summed E-state index contributed by atoms with van der Waals surface area (Å²) in [7, 11) is 1.48. The molecule has 100 valence electrons. The summed E-state index contributed by atoms with van der Waals surface area (Å²) in [6, 6.07) is 0.414. The Bertz CT molecular complexity index is 244. The number of carbonyl (C=O) groups is 1. The molecular formula is C13H26N2O2. The van der Waals surface area contributed by atoms with Crippen LogP contribution in [0.25, 0.3) is 0 Å². The highest BCUT2D eigenvalue weighted by molar-refractivity contribution is 5.72. The van der Waals surface area contributed by atoms with E-state index in [1.807, 2.05) is 0 Å². The highest BCUT2D eigenvalue weighted by Crippen LogP contribution is 2.19. The normalized spacial score (nSPS) is 26.2. The molecular weight excluding hydrogens is 216 g/mol. The SMILES string of the molecule is CCNC1CC(C(=O)OC)CN(CC(C)C)C1. The topological polar surface area (TPSA) is 41.6 Å². The molecule has 4 nitrogen and oxygen atoms in total. The molecule has 0 aromatic carbocycles. The van der Waals surface area contributed by atoms with Crippen molar-refractivity contribution in [2.75, 3.05) is 33.3 Å². The van der Waals surface area contributed by atoms with Crippen molar-refractivity contribution >= 4 is 5.97 Å². The Labute approximate surface area is 105 Å². The lowest BCUT2D eigenvalue weighted by molar-refractivity contribution is -0.147. The first kappa shape index (κ1) is 14.5. The summed E-state index contributed by atoms with van der Waals surface area (Å²) in [6.07, 6.45) is 0.898. The predicted molar refractivity (Wildman–Crippen MR) is 68.9 cm³/mol. The third-order valence-electron chi connectivity index (χ3n) is 3.18. The van der Waals surface area contributed by atoms with Crippen LogP contribution in [-0.2, 0) is 9.53 Å². The minimum Gasteiger partial charge on any atom is -0.469 e. The highest BCUT2D eigenvalue weighted by Gasteiger charge is 2.31. The second-order valence-corrected chi connectivity index (χ2v) is 5.32. The van der Waals surface area contributed by atoms with E-state index in [1.165, 1.54) is 7.11 Å². The second-order valence-electron chi connectivity index (χ2n) is 5.32. The lowest BCUT2D eigenvalue weighted by Crippen LogP contribution is -2.51. The van der Waals surface area contributed by atoms with Gasteiger partial charge in [-0.25, -0.2) is 0 Å². The fourth-order valence-corrected chi connectivity index (χ4v) is 2.63. The molecule has 0 radical (unpaired) electrons. The van der Waals surface area contributed by atoms with Crippen LogP contribution in [0.3, 0.4) is 0 Å². The number of nitrogens with one attached hydrogen (secondary N) is 1. The minimum absolute atomic E-state index is 0.0246. The number of rotatable bonds is 5. The monoisotopic (exact) mass is 242 g/mol. The second kappa shape index (κ2) is 6.97. The van der Waals surface area contributed by atoms with Gasteiger partial charge in [-0.3, -0.25) is 4.79 Å². The van der Waals surface area contributed by atoms with Crippen molar-refractivity contribution < 1.29 is 9.53 Å². The average Bonchev–Trinajstić information content (AvgIpc) is 2.27. The lowest BCUT2D eigenvalue weighted by Gasteiger charge is -2.37. The summed E-state index contributed by atoms with van der Waals surface area (Å²) in [4.78, 5) is 14.0. The van der Waals surface area contributed by atoms with Crippen LogP contribution >= 0.6 is 0 Å². The zero-order chi connectivity index (χ0) is 12.8. The molecule has 1 rings (SSSR count). The molecule has 1 saturated heterocycles. The maximum Gasteiger partial charge on any atom is 0.310 e. The Balaban J connectivity index is 2.58. The number of esters is 1. The van der Waals surface area contributed by atoms with E-state index in [4.69, 9.17) is 4.74 Å². The number of likely N-dealkylation sites (tertiary alicyclic amines) is 1. The summed E-state index contributed by atoms with van der Waals surface area (Å²) < 4.78 is 4.88. The van der Waals surface area contributed by atoms with Crippen LogP contribution in [0.15, 0.2) is 0 Å². The van der Waals surface area contributed by atoms with Gasteiger partial charge in [-0.1, -0.05) is 20.8 Å². The quantitative estimate of drug-likeness (QED) is 0.734. The maximum atomic E-state index is 11.7. The van der Waals surface area contributed by atoms with E-state index in [0.29, 0.717) is 12.0 Å². The van der Waals surface area contributed by atoms with Crippen LogP contribution < -0.4 is 5.32 Å². The molecule has 0 aliphatic carbocycles. The highest BCUT2D eigenvalue weighted by atomic mass is 16.5. The fraction of sp³-hybridized carbons (Fsp3) is 0.923. The standard InChI is InChI=1S/C13H26N2O2/c1-5-14-12-6-11(13(16)17-4)8-15(9-12)7-10(2)3/h10-12,14H,5-9H2,1-4H3. The van der Waals surface area contributed by atoms with Crippen molar-refractivity contribution in [3.63, 3.8) is 0 Å². The minimum atomic E-state index is -0.0682. The number of methoxy groups -OCH3 is 1. The summed E-state index contributed by atoms with van der Waals surface area (Å²) in [6.45, 7) is 10.4. The van der Waals surface area contributed by atoms with Crippen LogP contribution in [0.2, 0.25) is 0 Å². The van der Waals surface area contributed by atoms with Gasteiger partial charge in [0.15, 0.2) is 0 Å². The fourth-order valence-electron chi connectivity index (χ4n) is 2.63. The Hall–Kier alpha value is -0.610. The number of carbonyl (C=O) groups excluding carboxylic acids is 1. The molecule has 1 N–H and O–H groups in total. The van der Waals surface area contributed by atoms with E-state index >= 15 is 0 Å². The van der Waals surface area contributed by atoms with Crippen LogP contribution in [0.5, 0.6) is 0 Å². The summed E-state index contributed by atoms with van der Waals surface area (Å²) >= 11 is 0. The summed E-state index contributed by atoms with van der Waals surface area (Å²) in [5, 5.41) is 3.45. The van der Waals surface area contributed by atoms with Gasteiger partial charge >= 0.3 is 5.97 Å². The summed E-state index contributed by atoms with van der Waals surface area (Å²) in [5.74, 6) is 0.589. The van der Waals surface area contributed by atoms with Gasteiger partial charge in [-0.05, 0) is 18.9 Å². The number of hydrogen-bond donors (Lipinski definition) is 1. The van der Waals surface area contributed by atoms with Gasteiger partial charge in [-0.2, -0.15) is 0 Å². The number of likely N-dealkylation sites (N-methyl/N-ethyl adjacent to an activating group) is 1. The third-order valence-corrected chi connectivity index (χ3v) is 3.18. The molecule has 2 atom stereocenters. The molecule has 17 heavy (non-hydrogen) atoms. The largest absolute Gasteiger partial charge is 0.469 e. The Kier molecular flexibility index (Phi) is 5.92. The molecule has 1 aliphatic rings.